The van der Waals surface area contributed by atoms with Gasteiger partial charge in [0.15, 0.2) is 5.41 Å². The Labute approximate surface area is 104 Å². The van der Waals surface area contributed by atoms with Crippen LogP contribution in [-0.2, 0) is 14.4 Å². The molecule has 100 valence electrons. The summed E-state index contributed by atoms with van der Waals surface area (Å²) in [5.41, 5.74) is -3.04. The third-order valence-corrected chi connectivity index (χ3v) is 4.80. The van der Waals surface area contributed by atoms with Gasteiger partial charge in [-0.15, -0.1) is 0 Å². The minimum absolute atomic E-state index is 0.133. The van der Waals surface area contributed by atoms with E-state index < -0.39 is 34.7 Å². The minimum atomic E-state index is -2.16. The summed E-state index contributed by atoms with van der Waals surface area (Å²) in [5.74, 6) is -5.64. The monoisotopic (exact) mass is 256 g/mol. The van der Waals surface area contributed by atoms with E-state index in [1.165, 1.54) is 0 Å². The van der Waals surface area contributed by atoms with Crippen molar-refractivity contribution in [2.75, 3.05) is 0 Å². The first-order valence-electron chi connectivity index (χ1n) is 6.08. The summed E-state index contributed by atoms with van der Waals surface area (Å²) in [6.07, 6.45) is 3.05. The Bertz CT molecular complexity index is 393. The van der Waals surface area contributed by atoms with E-state index in [2.05, 4.69) is 0 Å². The van der Waals surface area contributed by atoms with Gasteiger partial charge in [0, 0.05) is 0 Å². The van der Waals surface area contributed by atoms with E-state index in [-0.39, 0.29) is 6.42 Å². The van der Waals surface area contributed by atoms with E-state index in [4.69, 9.17) is 5.11 Å². The number of carbonyl (C=O) groups is 3. The molecule has 0 aromatic heterocycles. The van der Waals surface area contributed by atoms with Gasteiger partial charge in [-0.1, -0.05) is 12.8 Å². The molecule has 6 heteroatoms. The van der Waals surface area contributed by atoms with Crippen molar-refractivity contribution in [1.82, 2.24) is 0 Å². The van der Waals surface area contributed by atoms with Gasteiger partial charge in [-0.25, -0.2) is 0 Å². The van der Waals surface area contributed by atoms with Crippen molar-refractivity contribution in [2.45, 2.75) is 38.5 Å². The first-order chi connectivity index (χ1) is 8.38. The zero-order valence-electron chi connectivity index (χ0n) is 9.89. The van der Waals surface area contributed by atoms with Crippen LogP contribution in [0.2, 0.25) is 0 Å². The molecule has 0 aromatic carbocycles. The van der Waals surface area contributed by atoms with Gasteiger partial charge < -0.3 is 15.3 Å². The van der Waals surface area contributed by atoms with Crippen LogP contribution in [0.5, 0.6) is 0 Å². The van der Waals surface area contributed by atoms with Crippen molar-refractivity contribution in [3.63, 3.8) is 0 Å². The summed E-state index contributed by atoms with van der Waals surface area (Å²) in [6, 6.07) is 0. The highest BCUT2D eigenvalue weighted by Crippen LogP contribution is 2.64. The highest BCUT2D eigenvalue weighted by Gasteiger charge is 2.71. The maximum absolute atomic E-state index is 11.6. The molecule has 0 saturated heterocycles. The fourth-order valence-corrected chi connectivity index (χ4v) is 4.05. The Balaban J connectivity index is 2.60. The van der Waals surface area contributed by atoms with Gasteiger partial charge in [0.1, 0.15) is 0 Å². The molecule has 2 fully saturated rings. The van der Waals surface area contributed by atoms with Crippen LogP contribution >= 0.6 is 0 Å². The Hall–Kier alpha value is -1.59. The topological polar surface area (TPSA) is 112 Å². The average molecular weight is 256 g/mol. The van der Waals surface area contributed by atoms with Crippen LogP contribution < -0.4 is 0 Å². The Morgan fingerprint density at radius 2 is 1.39 bits per heavy atom. The van der Waals surface area contributed by atoms with E-state index in [9.17, 15) is 24.6 Å². The molecule has 2 aliphatic carbocycles. The summed E-state index contributed by atoms with van der Waals surface area (Å²) in [7, 11) is 0. The Morgan fingerprint density at radius 1 is 0.889 bits per heavy atom. The summed E-state index contributed by atoms with van der Waals surface area (Å²) < 4.78 is 0. The van der Waals surface area contributed by atoms with Gasteiger partial charge >= 0.3 is 17.9 Å². The van der Waals surface area contributed by atoms with E-state index in [0.29, 0.717) is 19.3 Å². The first kappa shape index (κ1) is 12.9. The second kappa shape index (κ2) is 3.96. The molecular weight excluding hydrogens is 240 g/mol. The van der Waals surface area contributed by atoms with Gasteiger partial charge in [0.25, 0.3) is 0 Å². The summed E-state index contributed by atoms with van der Waals surface area (Å²) >= 11 is 0. The molecule has 0 aliphatic heterocycles. The minimum Gasteiger partial charge on any atom is -0.481 e. The van der Waals surface area contributed by atoms with Gasteiger partial charge in [-0.3, -0.25) is 14.4 Å². The van der Waals surface area contributed by atoms with E-state index in [0.717, 1.165) is 12.8 Å². The van der Waals surface area contributed by atoms with Gasteiger partial charge in [0.2, 0.25) is 0 Å². The zero-order valence-corrected chi connectivity index (χ0v) is 9.89. The number of carboxylic acids is 3. The molecule has 1 unspecified atom stereocenters. The summed E-state index contributed by atoms with van der Waals surface area (Å²) in [4.78, 5) is 34.4. The fraction of sp³-hybridized carbons (Fsp3) is 0.750. The second-order valence-electron chi connectivity index (χ2n) is 5.34. The van der Waals surface area contributed by atoms with E-state index in [1.807, 2.05) is 0 Å². The molecule has 0 amide bonds. The molecule has 2 aliphatic rings. The second-order valence-corrected chi connectivity index (χ2v) is 5.34. The van der Waals surface area contributed by atoms with Crippen molar-refractivity contribution < 1.29 is 29.7 Å². The Kier molecular flexibility index (Phi) is 2.83. The van der Waals surface area contributed by atoms with Crippen molar-refractivity contribution in [2.24, 2.45) is 16.7 Å². The standard InChI is InChI=1S/C12H16O6/c13-8(14)7-3-6-11(4-1-2-5-11)12(7,9(15)16)10(17)18/h7H,1-6H2,(H,13,14)(H,15,16)(H,17,18). The maximum atomic E-state index is 11.6. The van der Waals surface area contributed by atoms with Crippen molar-refractivity contribution in [3.8, 4) is 0 Å². The highest BCUT2D eigenvalue weighted by molar-refractivity contribution is 6.04. The normalized spacial score (nSPS) is 28.3. The summed E-state index contributed by atoms with van der Waals surface area (Å²) in [5, 5.41) is 28.0. The van der Waals surface area contributed by atoms with E-state index >= 15 is 0 Å². The molecule has 18 heavy (non-hydrogen) atoms. The molecule has 3 N–H and O–H groups in total. The average Bonchev–Trinajstić information content (AvgIpc) is 2.85. The molecule has 0 heterocycles. The third-order valence-electron chi connectivity index (χ3n) is 4.80. The van der Waals surface area contributed by atoms with E-state index in [1.54, 1.807) is 0 Å². The maximum Gasteiger partial charge on any atom is 0.322 e. The quantitative estimate of drug-likeness (QED) is 0.654. The smallest absolute Gasteiger partial charge is 0.322 e. The number of rotatable bonds is 3. The van der Waals surface area contributed by atoms with Crippen molar-refractivity contribution in [1.29, 1.82) is 0 Å². The van der Waals surface area contributed by atoms with Gasteiger partial charge in [-0.05, 0) is 31.1 Å². The summed E-state index contributed by atoms with van der Waals surface area (Å²) in [6.45, 7) is 0. The molecule has 2 saturated carbocycles. The molecule has 6 nitrogen and oxygen atoms in total. The lowest BCUT2D eigenvalue weighted by molar-refractivity contribution is -0.183. The number of aliphatic carboxylic acids is 3. The van der Waals surface area contributed by atoms with Crippen LogP contribution in [0.25, 0.3) is 0 Å². The first-order valence-corrected chi connectivity index (χ1v) is 6.08. The Morgan fingerprint density at radius 3 is 1.78 bits per heavy atom. The zero-order chi connectivity index (χ0) is 13.6. The molecule has 0 aromatic rings. The number of hydrogen-bond donors (Lipinski definition) is 3. The predicted octanol–water partition coefficient (Wildman–Crippen LogP) is 1.20. The molecule has 2 rings (SSSR count). The lowest BCUT2D eigenvalue weighted by Gasteiger charge is -2.38. The molecule has 1 atom stereocenters. The molecule has 0 bridgehead atoms. The number of hydrogen-bond acceptors (Lipinski definition) is 3. The highest BCUT2D eigenvalue weighted by atomic mass is 16.4. The van der Waals surface area contributed by atoms with Crippen LogP contribution in [0, 0.1) is 16.7 Å². The van der Waals surface area contributed by atoms with Gasteiger partial charge in [0.05, 0.1) is 5.92 Å². The lowest BCUT2D eigenvalue weighted by Crippen LogP contribution is -2.54. The van der Waals surface area contributed by atoms with Crippen molar-refractivity contribution in [3.05, 3.63) is 0 Å². The van der Waals surface area contributed by atoms with Crippen LogP contribution in [0.1, 0.15) is 38.5 Å². The SMILES string of the molecule is O=C(O)C1CCC2(CCCC2)C1(C(=O)O)C(=O)O. The fourth-order valence-electron chi connectivity index (χ4n) is 4.05. The van der Waals surface area contributed by atoms with Crippen molar-refractivity contribution >= 4 is 17.9 Å². The molecular formula is C12H16O6. The molecule has 0 radical (unpaired) electrons. The van der Waals surface area contributed by atoms with Crippen LogP contribution in [0.4, 0.5) is 0 Å². The molecule has 1 spiro atoms. The number of carboxylic acid groups (broad SMARTS) is 3. The predicted molar refractivity (Wildman–Crippen MR) is 59.0 cm³/mol. The largest absolute Gasteiger partial charge is 0.481 e. The van der Waals surface area contributed by atoms with Gasteiger partial charge in [-0.2, -0.15) is 0 Å². The van der Waals surface area contributed by atoms with Crippen LogP contribution in [0.3, 0.4) is 0 Å². The third kappa shape index (κ3) is 1.31. The lowest BCUT2D eigenvalue weighted by atomic mass is 9.61. The van der Waals surface area contributed by atoms with Crippen LogP contribution in [0.15, 0.2) is 0 Å². The van der Waals surface area contributed by atoms with Crippen LogP contribution in [-0.4, -0.2) is 33.2 Å².